The van der Waals surface area contributed by atoms with Crippen LogP contribution >= 0.6 is 16.8 Å². The first kappa shape index (κ1) is 30.0. The van der Waals surface area contributed by atoms with E-state index in [4.69, 9.17) is 16.1 Å². The molecule has 0 aromatic heterocycles. The van der Waals surface area contributed by atoms with E-state index in [2.05, 4.69) is 27.7 Å². The summed E-state index contributed by atoms with van der Waals surface area (Å²) in [6, 6.07) is 4.28. The van der Waals surface area contributed by atoms with Gasteiger partial charge in [0.15, 0.2) is 13.2 Å². The van der Waals surface area contributed by atoms with Crippen LogP contribution in [0.5, 0.6) is 11.5 Å². The van der Waals surface area contributed by atoms with Crippen LogP contribution < -0.4 is 14.8 Å². The standard InChI is InChI=1S/C23H31F6O2P.ClH.Pd/c1-32(19-8-4-2-5-9-19,20-10-6-3-7-11-20)21-13-17(30-15-22(24,25)26)12-18(14-21)31-16-23(27,28)29;;/h12-14,19-20H,1-11,15-16H2;1H;/q;;+2/p-1. The zero-order valence-corrected chi connectivity index (χ0v) is 22.0. The minimum atomic E-state index is -4.55. The molecule has 0 saturated heterocycles. The Bertz CT molecular complexity index is 696. The number of halogens is 7. The Morgan fingerprint density at radius 1 is 0.735 bits per heavy atom. The molecule has 0 aliphatic heterocycles. The van der Waals surface area contributed by atoms with Gasteiger partial charge in [0, 0.05) is 29.5 Å². The number of benzene rings is 1. The molecule has 0 N–H and O–H groups in total. The molecule has 0 atom stereocenters. The van der Waals surface area contributed by atoms with Gasteiger partial charge in [0.1, 0.15) is 11.5 Å². The Hall–Kier alpha value is -0.218. The van der Waals surface area contributed by atoms with E-state index in [1.165, 1.54) is 0 Å². The molecule has 3 rings (SSSR count). The van der Waals surface area contributed by atoms with Crippen LogP contribution in [0.4, 0.5) is 26.3 Å². The molecule has 1 aromatic carbocycles. The second-order valence-corrected chi connectivity index (χ2v) is 12.8. The van der Waals surface area contributed by atoms with Gasteiger partial charge in [-0.1, -0.05) is 20.1 Å². The third kappa shape index (κ3) is 9.02. The molecule has 0 spiro atoms. The fourth-order valence-corrected chi connectivity index (χ4v) is 9.85. The van der Waals surface area contributed by atoms with Gasteiger partial charge in [-0.25, -0.2) is 0 Å². The summed E-state index contributed by atoms with van der Waals surface area (Å²) in [7, 11) is 2.36. The van der Waals surface area contributed by atoms with Crippen molar-refractivity contribution in [3.05, 3.63) is 24.9 Å². The molecule has 11 heteroatoms. The molecule has 34 heavy (non-hydrogen) atoms. The van der Waals surface area contributed by atoms with Crippen LogP contribution in [0, 0.1) is 6.66 Å². The van der Waals surface area contributed by atoms with Crippen molar-refractivity contribution in [1.82, 2.24) is 0 Å². The van der Waals surface area contributed by atoms with Crippen molar-refractivity contribution < 1.29 is 54.0 Å². The topological polar surface area (TPSA) is 18.5 Å². The third-order valence-corrected chi connectivity index (χ3v) is 11.5. The van der Waals surface area contributed by atoms with Crippen molar-refractivity contribution in [3.63, 3.8) is 0 Å². The van der Waals surface area contributed by atoms with E-state index in [9.17, 15) is 26.3 Å². The van der Waals surface area contributed by atoms with E-state index < -0.39 is 32.8 Å². The molecule has 2 saturated carbocycles. The van der Waals surface area contributed by atoms with Gasteiger partial charge in [-0.3, -0.25) is 0 Å². The Labute approximate surface area is 213 Å². The summed E-state index contributed by atoms with van der Waals surface area (Å²) in [4.78, 5) is 0. The van der Waals surface area contributed by atoms with E-state index in [-0.39, 0.29) is 11.5 Å². The normalized spacial score (nSPS) is 18.8. The molecular weight excluding hydrogens is 595 g/mol. The molecule has 2 nitrogen and oxygen atoms in total. The number of hydrogen-bond acceptors (Lipinski definition) is 2. The van der Waals surface area contributed by atoms with E-state index >= 15 is 0 Å². The minimum absolute atomic E-state index is 0.114. The Morgan fingerprint density at radius 2 is 1.09 bits per heavy atom. The first-order valence-electron chi connectivity index (χ1n) is 11.4. The first-order chi connectivity index (χ1) is 16.0. The van der Waals surface area contributed by atoms with Crippen LogP contribution in [0.2, 0.25) is 0 Å². The van der Waals surface area contributed by atoms with Gasteiger partial charge in [-0.05, 0) is 51.4 Å². The van der Waals surface area contributed by atoms with Crippen molar-refractivity contribution in [2.75, 3.05) is 13.2 Å². The summed E-state index contributed by atoms with van der Waals surface area (Å²) in [6.45, 7) is 1.72. The number of hydrogen-bond donors (Lipinski definition) is 0. The molecule has 198 valence electrons. The Morgan fingerprint density at radius 3 is 1.41 bits per heavy atom. The molecule has 0 unspecified atom stereocenters. The zero-order chi connectivity index (χ0) is 25.4. The first-order valence-corrected chi connectivity index (χ1v) is 15.5. The summed E-state index contributed by atoms with van der Waals surface area (Å²) in [5.41, 5.74) is 0.653. The molecule has 2 fully saturated rings. The van der Waals surface area contributed by atoms with Gasteiger partial charge in [-0.15, -0.1) is 0 Å². The summed E-state index contributed by atoms with van der Waals surface area (Å²) >= 11 is 2.22. The monoisotopic (exact) mass is 625 g/mol. The predicted molar refractivity (Wildman–Crippen MR) is 121 cm³/mol. The van der Waals surface area contributed by atoms with Gasteiger partial charge >= 0.3 is 40.1 Å². The van der Waals surface area contributed by atoms with Crippen LogP contribution in [0.15, 0.2) is 18.2 Å². The molecule has 0 bridgehead atoms. The average Bonchev–Trinajstić information content (AvgIpc) is 2.82. The van der Waals surface area contributed by atoms with Crippen molar-refractivity contribution in [2.45, 2.75) is 87.9 Å². The van der Waals surface area contributed by atoms with Gasteiger partial charge in [0.25, 0.3) is 0 Å². The van der Waals surface area contributed by atoms with Crippen molar-refractivity contribution in [3.8, 4) is 11.5 Å². The van der Waals surface area contributed by atoms with Gasteiger partial charge in [0.05, 0.1) is 5.30 Å². The molecule has 0 amide bonds. The van der Waals surface area contributed by atoms with Crippen LogP contribution in [-0.4, -0.2) is 36.9 Å². The van der Waals surface area contributed by atoms with Gasteiger partial charge in [0.2, 0.25) is 0 Å². The summed E-state index contributed by atoms with van der Waals surface area (Å²) < 4.78 is 86.4. The molecule has 2 aliphatic carbocycles. The molecule has 1 aromatic rings. The molecule has 2 aliphatic rings. The number of alkyl halides is 6. The Kier molecular flexibility index (Phi) is 11.8. The van der Waals surface area contributed by atoms with Gasteiger partial charge in [-0.2, -0.15) is 33.0 Å². The van der Waals surface area contributed by atoms with Gasteiger partial charge < -0.3 is 9.47 Å². The average molecular weight is 626 g/mol. The van der Waals surface area contributed by atoms with Crippen molar-refractivity contribution in [1.29, 1.82) is 0 Å². The quantitative estimate of drug-likeness (QED) is 0.131. The molecule has 0 radical (unpaired) electrons. The summed E-state index contributed by atoms with van der Waals surface area (Å²) in [5.74, 6) is -0.228. The van der Waals surface area contributed by atoms with E-state index in [1.807, 2.05) is 0 Å². The SMILES string of the molecule is [CH2-][P+](c1cc(OCC(F)(F)F)cc(OCC(F)(F)F)c1)(C1CCCCC1)C1CCCCC1.[Cl][Pd+]. The number of ether oxygens (including phenoxy) is 2. The fraction of sp³-hybridized carbons (Fsp3) is 0.696. The van der Waals surface area contributed by atoms with Crippen LogP contribution in [0.3, 0.4) is 0 Å². The fourth-order valence-electron chi connectivity index (χ4n) is 5.10. The second-order valence-electron chi connectivity index (χ2n) is 8.98. The van der Waals surface area contributed by atoms with Crippen molar-refractivity contribution >= 4 is 22.1 Å². The summed E-state index contributed by atoms with van der Waals surface area (Å²) in [5, 5.41) is 0.730. The van der Waals surface area contributed by atoms with Crippen LogP contribution in [-0.2, 0) is 18.2 Å². The van der Waals surface area contributed by atoms with Crippen LogP contribution in [0.25, 0.3) is 0 Å². The van der Waals surface area contributed by atoms with Crippen molar-refractivity contribution in [2.24, 2.45) is 0 Å². The zero-order valence-electron chi connectivity index (χ0n) is 18.8. The van der Waals surface area contributed by atoms with Crippen LogP contribution in [0.1, 0.15) is 64.2 Å². The molecule has 0 heterocycles. The Balaban J connectivity index is 0.00000199. The second kappa shape index (κ2) is 13.4. The summed E-state index contributed by atoms with van der Waals surface area (Å²) in [6.07, 6.45) is 1.52. The molecular formula is C23H31ClF6O2PPd+. The predicted octanol–water partition coefficient (Wildman–Crippen LogP) is 8.36. The van der Waals surface area contributed by atoms with E-state index in [0.717, 1.165) is 75.6 Å². The number of rotatable bonds is 7. The van der Waals surface area contributed by atoms with E-state index in [0.29, 0.717) is 11.3 Å². The maximum atomic E-state index is 12.8. The third-order valence-electron chi connectivity index (χ3n) is 6.60. The maximum absolute atomic E-state index is 12.8. The van der Waals surface area contributed by atoms with E-state index in [1.54, 1.807) is 12.1 Å².